The largest absolute Gasteiger partial charge is 0.432 e. The van der Waals surface area contributed by atoms with Crippen molar-refractivity contribution >= 4 is 8.32 Å². The highest BCUT2D eigenvalue weighted by Crippen LogP contribution is 2.14. The van der Waals surface area contributed by atoms with Crippen LogP contribution < -0.4 is 0 Å². The van der Waals surface area contributed by atoms with Crippen LogP contribution in [-0.4, -0.2) is 18.6 Å². The van der Waals surface area contributed by atoms with Gasteiger partial charge in [-0.15, -0.1) is 0 Å². The second kappa shape index (κ2) is 4.96. The molecule has 0 aliphatic heterocycles. The van der Waals surface area contributed by atoms with Gasteiger partial charge in [0.05, 0.1) is 0 Å². The van der Waals surface area contributed by atoms with Crippen LogP contribution in [0.5, 0.6) is 0 Å². The minimum Gasteiger partial charge on any atom is -0.432 e. The molecule has 58 valence electrons. The Morgan fingerprint density at radius 2 is 1.22 bits per heavy atom. The number of hydrogen-bond donors (Lipinski definition) is 1. The maximum atomic E-state index is 9.58. The summed E-state index contributed by atoms with van der Waals surface area (Å²) in [7, 11) is -1.67. The standard InChI is InChI=1S/C6H16OSi.H2O/c1-4-8(7,5-2)6-3;/h7H,4-6H2,1-3H3;1H2. The Labute approximate surface area is 58.3 Å². The van der Waals surface area contributed by atoms with Crippen LogP contribution in [0.1, 0.15) is 20.8 Å². The molecule has 0 fully saturated rings. The zero-order valence-electron chi connectivity index (χ0n) is 6.57. The van der Waals surface area contributed by atoms with Gasteiger partial charge in [0.15, 0.2) is 8.32 Å². The summed E-state index contributed by atoms with van der Waals surface area (Å²) in [6.45, 7) is 6.25. The van der Waals surface area contributed by atoms with E-state index in [4.69, 9.17) is 0 Å². The Morgan fingerprint density at radius 1 is 1.00 bits per heavy atom. The first kappa shape index (κ1) is 11.9. The van der Waals surface area contributed by atoms with Gasteiger partial charge in [-0.2, -0.15) is 0 Å². The van der Waals surface area contributed by atoms with E-state index < -0.39 is 8.32 Å². The smallest absolute Gasteiger partial charge is 0.187 e. The first-order valence-electron chi connectivity index (χ1n) is 3.41. The second-order valence-corrected chi connectivity index (χ2v) is 6.86. The zero-order valence-corrected chi connectivity index (χ0v) is 7.57. The van der Waals surface area contributed by atoms with E-state index in [2.05, 4.69) is 20.8 Å². The quantitative estimate of drug-likeness (QED) is 0.603. The van der Waals surface area contributed by atoms with Gasteiger partial charge < -0.3 is 10.3 Å². The van der Waals surface area contributed by atoms with E-state index in [1.807, 2.05) is 0 Å². The van der Waals surface area contributed by atoms with Crippen LogP contribution in [0.15, 0.2) is 0 Å². The first-order valence-corrected chi connectivity index (χ1v) is 5.97. The van der Waals surface area contributed by atoms with Crippen molar-refractivity contribution in [3.63, 3.8) is 0 Å². The third kappa shape index (κ3) is 3.67. The van der Waals surface area contributed by atoms with E-state index in [-0.39, 0.29) is 5.48 Å². The van der Waals surface area contributed by atoms with Gasteiger partial charge in [0.2, 0.25) is 0 Å². The lowest BCUT2D eigenvalue weighted by atomic mass is 10.9. The lowest BCUT2D eigenvalue weighted by Crippen LogP contribution is -2.30. The molecule has 0 amide bonds. The van der Waals surface area contributed by atoms with Crippen LogP contribution in [0.3, 0.4) is 0 Å². The molecule has 0 spiro atoms. The zero-order chi connectivity index (χ0) is 6.62. The molecule has 0 heterocycles. The SMILES string of the molecule is CC[Si](O)(CC)CC.O. The van der Waals surface area contributed by atoms with Crippen LogP contribution in [0.25, 0.3) is 0 Å². The molecule has 0 saturated heterocycles. The van der Waals surface area contributed by atoms with E-state index >= 15 is 0 Å². The molecule has 0 aliphatic carbocycles. The molecule has 0 saturated carbocycles. The summed E-state index contributed by atoms with van der Waals surface area (Å²) in [5.41, 5.74) is 0. The van der Waals surface area contributed by atoms with Crippen molar-refractivity contribution in [2.24, 2.45) is 0 Å². The summed E-state index contributed by atoms with van der Waals surface area (Å²) in [6.07, 6.45) is 0. The van der Waals surface area contributed by atoms with Gasteiger partial charge in [-0.25, -0.2) is 0 Å². The molecule has 0 unspecified atom stereocenters. The van der Waals surface area contributed by atoms with Crippen LogP contribution in [0.2, 0.25) is 18.1 Å². The number of rotatable bonds is 3. The van der Waals surface area contributed by atoms with E-state index in [1.165, 1.54) is 0 Å². The molecule has 0 radical (unpaired) electrons. The Hall–Kier alpha value is 0.137. The van der Waals surface area contributed by atoms with Crippen molar-refractivity contribution in [2.75, 3.05) is 0 Å². The first-order chi connectivity index (χ1) is 3.68. The molecular weight excluding hydrogens is 132 g/mol. The number of hydrogen-bond acceptors (Lipinski definition) is 1. The maximum Gasteiger partial charge on any atom is 0.187 e. The molecule has 0 aromatic heterocycles. The summed E-state index contributed by atoms with van der Waals surface area (Å²) in [4.78, 5) is 9.58. The van der Waals surface area contributed by atoms with Crippen molar-refractivity contribution in [3.05, 3.63) is 0 Å². The molecule has 3 heteroatoms. The normalized spacial score (nSPS) is 10.7. The lowest BCUT2D eigenvalue weighted by molar-refractivity contribution is 0.531. The van der Waals surface area contributed by atoms with Crippen molar-refractivity contribution in [1.82, 2.24) is 0 Å². The summed E-state index contributed by atoms with van der Waals surface area (Å²) in [6, 6.07) is 3.04. The highest BCUT2D eigenvalue weighted by atomic mass is 28.4. The van der Waals surface area contributed by atoms with Crippen molar-refractivity contribution in [3.8, 4) is 0 Å². The Bertz CT molecular complexity index is 53.8. The fourth-order valence-corrected chi connectivity index (χ4v) is 2.25. The highest BCUT2D eigenvalue weighted by Gasteiger charge is 2.22. The predicted octanol–water partition coefficient (Wildman–Crippen LogP) is 1.16. The molecule has 0 aromatic rings. The molecule has 0 rings (SSSR count). The average molecular weight is 150 g/mol. The highest BCUT2D eigenvalue weighted by molar-refractivity contribution is 6.72. The predicted molar refractivity (Wildman–Crippen MR) is 43.0 cm³/mol. The summed E-state index contributed by atoms with van der Waals surface area (Å²) < 4.78 is 0. The molecule has 0 aromatic carbocycles. The van der Waals surface area contributed by atoms with Crippen LogP contribution in [0, 0.1) is 0 Å². The lowest BCUT2D eigenvalue weighted by Gasteiger charge is -2.18. The van der Waals surface area contributed by atoms with E-state index in [1.54, 1.807) is 0 Å². The van der Waals surface area contributed by atoms with Crippen LogP contribution >= 0.6 is 0 Å². The minimum atomic E-state index is -1.67. The van der Waals surface area contributed by atoms with E-state index in [9.17, 15) is 4.80 Å². The molecule has 3 N–H and O–H groups in total. The summed E-state index contributed by atoms with van der Waals surface area (Å²) >= 11 is 0. The fraction of sp³-hybridized carbons (Fsp3) is 1.00. The summed E-state index contributed by atoms with van der Waals surface area (Å²) in [5, 5.41) is 0. The minimum absolute atomic E-state index is 0. The maximum absolute atomic E-state index is 9.58. The van der Waals surface area contributed by atoms with Gasteiger partial charge >= 0.3 is 0 Å². The van der Waals surface area contributed by atoms with E-state index in [0.29, 0.717) is 0 Å². The molecule has 0 bridgehead atoms. The molecule has 9 heavy (non-hydrogen) atoms. The summed E-state index contributed by atoms with van der Waals surface area (Å²) in [5.74, 6) is 0. The van der Waals surface area contributed by atoms with Crippen molar-refractivity contribution < 1.29 is 10.3 Å². The van der Waals surface area contributed by atoms with Crippen LogP contribution in [-0.2, 0) is 0 Å². The Morgan fingerprint density at radius 3 is 1.22 bits per heavy atom. The van der Waals surface area contributed by atoms with Gasteiger partial charge in [0.25, 0.3) is 0 Å². The topological polar surface area (TPSA) is 51.7 Å². The van der Waals surface area contributed by atoms with Gasteiger partial charge in [0.1, 0.15) is 0 Å². The third-order valence-electron chi connectivity index (χ3n) is 1.97. The van der Waals surface area contributed by atoms with Crippen molar-refractivity contribution in [1.29, 1.82) is 0 Å². The average Bonchev–Trinajstić information content (AvgIpc) is 1.87. The van der Waals surface area contributed by atoms with Crippen LogP contribution in [0.4, 0.5) is 0 Å². The van der Waals surface area contributed by atoms with Gasteiger partial charge in [-0.05, 0) is 18.1 Å². The fourth-order valence-electron chi connectivity index (χ4n) is 0.750. The molecule has 0 atom stereocenters. The second-order valence-electron chi connectivity index (χ2n) is 2.29. The molecule has 0 aliphatic rings. The molecule has 2 nitrogen and oxygen atoms in total. The van der Waals surface area contributed by atoms with Gasteiger partial charge in [-0.3, -0.25) is 0 Å². The third-order valence-corrected chi connectivity index (χ3v) is 5.92. The monoisotopic (exact) mass is 150 g/mol. The Balaban J connectivity index is 0. The molecular formula is C6H18O2Si. The van der Waals surface area contributed by atoms with Gasteiger partial charge in [0, 0.05) is 0 Å². The Kier molecular flexibility index (Phi) is 6.55. The van der Waals surface area contributed by atoms with E-state index in [0.717, 1.165) is 18.1 Å². The van der Waals surface area contributed by atoms with Crippen molar-refractivity contribution in [2.45, 2.75) is 38.9 Å². The van der Waals surface area contributed by atoms with Gasteiger partial charge in [-0.1, -0.05) is 20.8 Å².